The van der Waals surface area contributed by atoms with Crippen molar-refractivity contribution in [2.75, 3.05) is 12.4 Å². The number of amides is 1. The van der Waals surface area contributed by atoms with Crippen molar-refractivity contribution in [2.45, 2.75) is 13.0 Å². The molecule has 0 fully saturated rings. The van der Waals surface area contributed by atoms with Gasteiger partial charge in [0.05, 0.1) is 18.5 Å². The average molecular weight is 429 g/mol. The number of para-hydroxylation sites is 1. The summed E-state index contributed by atoms with van der Waals surface area (Å²) in [5, 5.41) is 15.8. The number of aromatic nitrogens is 4. The predicted molar refractivity (Wildman–Crippen MR) is 118 cm³/mol. The molecule has 5 rings (SSSR count). The van der Waals surface area contributed by atoms with Crippen LogP contribution in [0.2, 0.25) is 0 Å². The molecule has 5 aromatic rings. The van der Waals surface area contributed by atoms with Gasteiger partial charge in [0.2, 0.25) is 0 Å². The zero-order valence-electron chi connectivity index (χ0n) is 17.4. The molecule has 2 heterocycles. The fourth-order valence-electron chi connectivity index (χ4n) is 3.47. The molecule has 3 aromatic carbocycles. The Morgan fingerprint density at radius 3 is 2.62 bits per heavy atom. The lowest BCUT2D eigenvalue weighted by molar-refractivity contribution is -0.122. The minimum atomic E-state index is -0.745. The Labute approximate surface area is 182 Å². The summed E-state index contributed by atoms with van der Waals surface area (Å²) in [6.45, 7) is 1.68. The number of furan rings is 1. The molecule has 9 heteroatoms. The highest BCUT2D eigenvalue weighted by atomic mass is 16.5. The van der Waals surface area contributed by atoms with Gasteiger partial charge in [-0.25, -0.2) is 4.68 Å². The number of benzene rings is 3. The van der Waals surface area contributed by atoms with Gasteiger partial charge in [-0.05, 0) is 53.7 Å². The molecule has 1 atom stereocenters. The number of ether oxygens (including phenoxy) is 2. The lowest BCUT2D eigenvalue weighted by Crippen LogP contribution is -2.30. The SMILES string of the molecule is COc1cc2c(cc1NC(=O)[C@@H](C)Oc1ccc(-n3cnnn3)cc1)oc1ccccc12. The summed E-state index contributed by atoms with van der Waals surface area (Å²) in [6.07, 6.45) is 0.753. The minimum absolute atomic E-state index is 0.316. The van der Waals surface area contributed by atoms with E-state index in [2.05, 4.69) is 20.8 Å². The first-order valence-corrected chi connectivity index (χ1v) is 9.92. The molecule has 0 bridgehead atoms. The van der Waals surface area contributed by atoms with Crippen LogP contribution in [0.15, 0.2) is 71.4 Å². The first-order chi connectivity index (χ1) is 15.6. The van der Waals surface area contributed by atoms with E-state index in [9.17, 15) is 4.79 Å². The van der Waals surface area contributed by atoms with Crippen molar-refractivity contribution in [1.29, 1.82) is 0 Å². The normalized spacial score (nSPS) is 12.1. The molecule has 160 valence electrons. The van der Waals surface area contributed by atoms with Crippen LogP contribution in [0.25, 0.3) is 27.6 Å². The Bertz CT molecular complexity index is 1390. The quantitative estimate of drug-likeness (QED) is 0.435. The van der Waals surface area contributed by atoms with Crippen LogP contribution in [0, 0.1) is 0 Å². The van der Waals surface area contributed by atoms with Crippen LogP contribution in [0.3, 0.4) is 0 Å². The Morgan fingerprint density at radius 2 is 1.88 bits per heavy atom. The van der Waals surface area contributed by atoms with Gasteiger partial charge in [-0.1, -0.05) is 18.2 Å². The van der Waals surface area contributed by atoms with Gasteiger partial charge in [0.1, 0.15) is 29.0 Å². The van der Waals surface area contributed by atoms with Crippen LogP contribution in [0.1, 0.15) is 6.92 Å². The molecule has 0 radical (unpaired) electrons. The van der Waals surface area contributed by atoms with Crippen LogP contribution in [-0.2, 0) is 4.79 Å². The average Bonchev–Trinajstić information content (AvgIpc) is 3.47. The van der Waals surface area contributed by atoms with Gasteiger partial charge in [-0.2, -0.15) is 0 Å². The molecule has 0 aliphatic carbocycles. The van der Waals surface area contributed by atoms with Crippen molar-refractivity contribution < 1.29 is 18.7 Å². The first-order valence-electron chi connectivity index (χ1n) is 9.92. The highest BCUT2D eigenvalue weighted by Crippen LogP contribution is 2.36. The summed E-state index contributed by atoms with van der Waals surface area (Å²) in [6, 6.07) is 18.5. The maximum absolute atomic E-state index is 12.8. The van der Waals surface area contributed by atoms with Crippen LogP contribution in [-0.4, -0.2) is 39.3 Å². The molecular formula is C23H19N5O4. The van der Waals surface area contributed by atoms with Gasteiger partial charge >= 0.3 is 0 Å². The van der Waals surface area contributed by atoms with Gasteiger partial charge in [0.15, 0.2) is 6.10 Å². The Morgan fingerprint density at radius 1 is 1.06 bits per heavy atom. The van der Waals surface area contributed by atoms with Crippen LogP contribution in [0.4, 0.5) is 5.69 Å². The van der Waals surface area contributed by atoms with Gasteiger partial charge in [-0.3, -0.25) is 4.79 Å². The summed E-state index contributed by atoms with van der Waals surface area (Å²) < 4.78 is 18.7. The summed E-state index contributed by atoms with van der Waals surface area (Å²) in [5.41, 5.74) is 2.72. The number of tetrazole rings is 1. The summed E-state index contributed by atoms with van der Waals surface area (Å²) in [4.78, 5) is 12.8. The number of anilines is 1. The van der Waals surface area contributed by atoms with E-state index >= 15 is 0 Å². The zero-order valence-corrected chi connectivity index (χ0v) is 17.4. The standard InChI is InChI=1S/C23H19N5O4/c1-14(31-16-9-7-15(8-10-16)28-13-24-26-27-28)23(29)25-19-12-21-18(11-22(19)30-2)17-5-3-4-6-20(17)32-21/h3-14H,1-2H3,(H,25,29)/t14-/m1/s1. The molecule has 0 aliphatic heterocycles. The summed E-state index contributed by atoms with van der Waals surface area (Å²) >= 11 is 0. The third-order valence-corrected chi connectivity index (χ3v) is 5.09. The van der Waals surface area contributed by atoms with E-state index in [1.807, 2.05) is 30.3 Å². The van der Waals surface area contributed by atoms with Crippen LogP contribution < -0.4 is 14.8 Å². The number of carbonyl (C=O) groups is 1. The second kappa shape index (κ2) is 8.03. The molecule has 1 N–H and O–H groups in total. The van der Waals surface area contributed by atoms with E-state index in [1.165, 1.54) is 11.0 Å². The number of carbonyl (C=O) groups excluding carboxylic acids is 1. The number of nitrogens with zero attached hydrogens (tertiary/aromatic N) is 4. The lowest BCUT2D eigenvalue weighted by Gasteiger charge is -2.16. The molecule has 0 unspecified atom stereocenters. The molecule has 0 saturated carbocycles. The molecule has 0 saturated heterocycles. The van der Waals surface area contributed by atoms with E-state index in [-0.39, 0.29) is 5.91 Å². The summed E-state index contributed by atoms with van der Waals surface area (Å²) in [5.74, 6) is 0.767. The van der Waals surface area contributed by atoms with E-state index in [0.29, 0.717) is 22.8 Å². The monoisotopic (exact) mass is 429 g/mol. The van der Waals surface area contributed by atoms with Crippen molar-refractivity contribution in [3.05, 3.63) is 67.0 Å². The number of hydrogen-bond acceptors (Lipinski definition) is 7. The zero-order chi connectivity index (χ0) is 22.1. The molecule has 1 amide bonds. The van der Waals surface area contributed by atoms with Crippen molar-refractivity contribution in [3.63, 3.8) is 0 Å². The lowest BCUT2D eigenvalue weighted by atomic mass is 10.1. The molecule has 0 spiro atoms. The molecular weight excluding hydrogens is 410 g/mol. The number of nitrogens with one attached hydrogen (secondary N) is 1. The Hall–Kier alpha value is -4.40. The third kappa shape index (κ3) is 3.60. The van der Waals surface area contributed by atoms with Crippen molar-refractivity contribution in [3.8, 4) is 17.2 Å². The second-order valence-electron chi connectivity index (χ2n) is 7.14. The molecule has 0 aliphatic rings. The van der Waals surface area contributed by atoms with Gasteiger partial charge in [0.25, 0.3) is 5.91 Å². The molecule has 9 nitrogen and oxygen atoms in total. The number of methoxy groups -OCH3 is 1. The topological polar surface area (TPSA) is 104 Å². The maximum atomic E-state index is 12.8. The molecule has 2 aromatic heterocycles. The van der Waals surface area contributed by atoms with E-state index < -0.39 is 6.10 Å². The first kappa shape index (κ1) is 19.6. The van der Waals surface area contributed by atoms with Gasteiger partial charge in [0, 0.05) is 16.8 Å². The fourth-order valence-corrected chi connectivity index (χ4v) is 3.47. The molecule has 32 heavy (non-hydrogen) atoms. The largest absolute Gasteiger partial charge is 0.495 e. The van der Waals surface area contributed by atoms with Crippen LogP contribution >= 0.6 is 0 Å². The van der Waals surface area contributed by atoms with Gasteiger partial charge in [-0.15, -0.1) is 5.10 Å². The Kier molecular flexibility index (Phi) is 4.91. The van der Waals surface area contributed by atoms with Crippen molar-refractivity contribution in [1.82, 2.24) is 20.2 Å². The van der Waals surface area contributed by atoms with Crippen LogP contribution in [0.5, 0.6) is 11.5 Å². The van der Waals surface area contributed by atoms with E-state index in [1.54, 1.807) is 44.4 Å². The second-order valence-corrected chi connectivity index (χ2v) is 7.14. The minimum Gasteiger partial charge on any atom is -0.495 e. The highest BCUT2D eigenvalue weighted by Gasteiger charge is 2.19. The van der Waals surface area contributed by atoms with Gasteiger partial charge < -0.3 is 19.2 Å². The fraction of sp³-hybridized carbons (Fsp3) is 0.130. The third-order valence-electron chi connectivity index (χ3n) is 5.09. The van der Waals surface area contributed by atoms with Crippen molar-refractivity contribution in [2.24, 2.45) is 0 Å². The van der Waals surface area contributed by atoms with E-state index in [0.717, 1.165) is 22.0 Å². The number of fused-ring (bicyclic) bond motifs is 3. The van der Waals surface area contributed by atoms with E-state index in [4.69, 9.17) is 13.9 Å². The highest BCUT2D eigenvalue weighted by molar-refractivity contribution is 6.08. The van der Waals surface area contributed by atoms with Crippen molar-refractivity contribution >= 4 is 33.5 Å². The predicted octanol–water partition coefficient (Wildman–Crippen LogP) is 3.98. The number of hydrogen-bond donors (Lipinski definition) is 1. The smallest absolute Gasteiger partial charge is 0.265 e. The number of rotatable bonds is 6. The summed E-state index contributed by atoms with van der Waals surface area (Å²) in [7, 11) is 1.56. The Balaban J connectivity index is 1.34. The maximum Gasteiger partial charge on any atom is 0.265 e.